The molecule has 10 nitrogen and oxygen atoms in total. The first-order chi connectivity index (χ1) is 14.1. The van der Waals surface area contributed by atoms with Crippen LogP contribution in [0.1, 0.15) is 5.82 Å². The highest BCUT2D eigenvalue weighted by molar-refractivity contribution is 6.73. The van der Waals surface area contributed by atoms with Gasteiger partial charge < -0.3 is 4.90 Å². The van der Waals surface area contributed by atoms with Gasteiger partial charge >= 0.3 is 0 Å². The van der Waals surface area contributed by atoms with E-state index in [1.165, 1.54) is 29.2 Å². The van der Waals surface area contributed by atoms with E-state index < -0.39 is 5.78 Å². The molecule has 29 heavy (non-hydrogen) atoms. The van der Waals surface area contributed by atoms with Crippen LogP contribution in [0, 0.1) is 0 Å². The number of ketones is 1. The van der Waals surface area contributed by atoms with Gasteiger partial charge in [0.2, 0.25) is 17.4 Å². The number of anilines is 1. The molecule has 0 N–H and O–H groups in total. The highest BCUT2D eigenvalue weighted by Gasteiger charge is 2.32. The van der Waals surface area contributed by atoms with Gasteiger partial charge in [-0.25, -0.2) is 14.8 Å². The van der Waals surface area contributed by atoms with Gasteiger partial charge in [0.05, 0.1) is 18.0 Å². The van der Waals surface area contributed by atoms with Crippen molar-refractivity contribution >= 4 is 34.5 Å². The highest BCUT2D eigenvalue weighted by Crippen LogP contribution is 2.24. The molecule has 1 aliphatic rings. The molecule has 0 saturated carbocycles. The molecule has 1 aliphatic heterocycles. The lowest BCUT2D eigenvalue weighted by molar-refractivity contribution is -0.108. The average molecular weight is 386 g/mol. The Hall–Kier alpha value is -4.30. The van der Waals surface area contributed by atoms with Gasteiger partial charge in [0.1, 0.15) is 17.3 Å². The van der Waals surface area contributed by atoms with E-state index in [-0.39, 0.29) is 17.2 Å². The molecule has 0 unspecified atom stereocenters. The van der Waals surface area contributed by atoms with Gasteiger partial charge in [-0.1, -0.05) is 0 Å². The number of rotatable bonds is 5. The molecule has 0 bridgehead atoms. The molecular weight excluding hydrogens is 372 g/mol. The first-order valence-corrected chi connectivity index (χ1v) is 8.51. The molecule has 0 saturated heterocycles. The van der Waals surface area contributed by atoms with E-state index in [4.69, 9.17) is 0 Å². The fraction of sp³-hybridized carbons (Fsp3) is 0.105. The molecule has 142 valence electrons. The lowest BCUT2D eigenvalue weighted by Crippen LogP contribution is -2.21. The summed E-state index contributed by atoms with van der Waals surface area (Å²) in [5.74, 6) is 1.43. The third-order valence-corrected chi connectivity index (χ3v) is 4.10. The summed E-state index contributed by atoms with van der Waals surface area (Å²) in [6.07, 6.45) is 5.32. The molecule has 10 heteroatoms. The van der Waals surface area contributed by atoms with Crippen molar-refractivity contribution in [1.82, 2.24) is 24.8 Å². The van der Waals surface area contributed by atoms with Crippen molar-refractivity contribution in [2.24, 2.45) is 10.1 Å². The van der Waals surface area contributed by atoms with Crippen LogP contribution in [0.5, 0.6) is 0 Å². The number of fused-ring (bicyclic) bond motifs is 1. The fourth-order valence-corrected chi connectivity index (χ4v) is 2.69. The van der Waals surface area contributed by atoms with Crippen molar-refractivity contribution in [2.75, 3.05) is 19.0 Å². The second-order valence-electron chi connectivity index (χ2n) is 6.20. The molecule has 2 aromatic heterocycles. The Kier molecular flexibility index (Phi) is 4.60. The van der Waals surface area contributed by atoms with Crippen LogP contribution in [0.3, 0.4) is 0 Å². The van der Waals surface area contributed by atoms with Gasteiger partial charge in [0.25, 0.3) is 0 Å². The van der Waals surface area contributed by atoms with E-state index in [1.807, 2.05) is 43.3 Å². The highest BCUT2D eigenvalue weighted by atomic mass is 16.1. The monoisotopic (exact) mass is 386 g/mol. The molecule has 4 rings (SSSR count). The van der Waals surface area contributed by atoms with E-state index in [0.29, 0.717) is 17.2 Å². The van der Waals surface area contributed by atoms with Gasteiger partial charge in [-0.2, -0.15) is 9.78 Å². The number of hydrogen-bond acceptors (Lipinski definition) is 9. The number of carbonyl (C=O) groups is 1. The van der Waals surface area contributed by atoms with Crippen molar-refractivity contribution in [3.63, 3.8) is 0 Å². The topological polar surface area (TPSA) is 119 Å². The number of aliphatic imine (C=N–C) groups is 1. The average Bonchev–Trinajstić information content (AvgIpc) is 3.29. The molecule has 1 aromatic carbocycles. The van der Waals surface area contributed by atoms with Crippen molar-refractivity contribution in [3.05, 3.63) is 54.8 Å². The number of nitrogens with zero attached hydrogens (tertiary/aromatic N) is 8. The normalized spacial score (nSPS) is 13.6. The Morgan fingerprint density at radius 3 is 2.55 bits per heavy atom. The largest absolute Gasteiger partial charge is 0.378 e. The standard InChI is InChI=1S/C19H14N8O2/c1-26(2)13-5-3-12(4-6-13)22-17-16(15(29)7-10-28)25-27-18(23-24-19(17)27)14-11-20-8-9-21-14/h3-9,11H,1-2H3. The molecular formula is C19H14N8O2. The summed E-state index contributed by atoms with van der Waals surface area (Å²) in [7, 11) is 3.87. The van der Waals surface area contributed by atoms with Crippen molar-refractivity contribution < 1.29 is 9.59 Å². The third kappa shape index (κ3) is 3.35. The van der Waals surface area contributed by atoms with Crippen LogP contribution in [0.25, 0.3) is 11.5 Å². The predicted molar refractivity (Wildman–Crippen MR) is 106 cm³/mol. The van der Waals surface area contributed by atoms with Crippen LogP contribution in [0.2, 0.25) is 0 Å². The Labute approximate surface area is 165 Å². The summed E-state index contributed by atoms with van der Waals surface area (Å²) < 4.78 is 1.36. The second kappa shape index (κ2) is 7.37. The minimum absolute atomic E-state index is 0.0277. The molecule has 3 heterocycles. The van der Waals surface area contributed by atoms with E-state index in [1.54, 1.807) is 0 Å². The molecule has 3 aromatic rings. The molecule has 0 atom stereocenters. The van der Waals surface area contributed by atoms with Gasteiger partial charge in [-0.15, -0.1) is 10.2 Å². The van der Waals surface area contributed by atoms with Crippen LogP contribution in [0.4, 0.5) is 11.4 Å². The number of benzene rings is 1. The smallest absolute Gasteiger partial charge is 0.219 e. The van der Waals surface area contributed by atoms with Crippen LogP contribution < -0.4 is 4.90 Å². The third-order valence-electron chi connectivity index (χ3n) is 4.10. The number of carbonyl (C=O) groups excluding carboxylic acids is 2. The zero-order valence-electron chi connectivity index (χ0n) is 15.5. The summed E-state index contributed by atoms with van der Waals surface area (Å²) in [4.78, 5) is 37.7. The summed E-state index contributed by atoms with van der Waals surface area (Å²) in [5, 5.41) is 12.5. The van der Waals surface area contributed by atoms with Crippen LogP contribution in [0.15, 0.2) is 59.0 Å². The van der Waals surface area contributed by atoms with Crippen molar-refractivity contribution in [1.29, 1.82) is 0 Å². The van der Waals surface area contributed by atoms with Crippen LogP contribution in [-0.4, -0.2) is 62.1 Å². The van der Waals surface area contributed by atoms with Gasteiger partial charge in [0, 0.05) is 32.2 Å². The summed E-state index contributed by atoms with van der Waals surface area (Å²) >= 11 is 0. The van der Waals surface area contributed by atoms with Crippen molar-refractivity contribution in [2.45, 2.75) is 0 Å². The number of allylic oxidation sites excluding steroid dienone is 1. The van der Waals surface area contributed by atoms with E-state index in [9.17, 15) is 9.59 Å². The SMILES string of the molecule is CN(C)c1ccc(N=C2C(C(=O)C=C=O)=Nn3c2nnc3-c2cnccn2)cc1. The Morgan fingerprint density at radius 1 is 1.14 bits per heavy atom. The minimum atomic E-state index is -0.626. The molecule has 0 spiro atoms. The first-order valence-electron chi connectivity index (χ1n) is 8.51. The zero-order chi connectivity index (χ0) is 20.4. The maximum Gasteiger partial charge on any atom is 0.219 e. The van der Waals surface area contributed by atoms with Crippen LogP contribution >= 0.6 is 0 Å². The lowest BCUT2D eigenvalue weighted by atomic mass is 10.1. The molecule has 0 amide bonds. The van der Waals surface area contributed by atoms with Gasteiger partial charge in [-0.05, 0) is 24.3 Å². The Morgan fingerprint density at radius 2 is 1.90 bits per heavy atom. The summed E-state index contributed by atoms with van der Waals surface area (Å²) in [5.41, 5.74) is 2.21. The molecule has 0 radical (unpaired) electrons. The lowest BCUT2D eigenvalue weighted by Gasteiger charge is -2.11. The number of aromatic nitrogens is 5. The fourth-order valence-electron chi connectivity index (χ4n) is 2.69. The Balaban J connectivity index is 1.83. The number of hydrogen-bond donors (Lipinski definition) is 0. The van der Waals surface area contributed by atoms with Crippen LogP contribution in [-0.2, 0) is 9.59 Å². The second-order valence-corrected chi connectivity index (χ2v) is 6.20. The van der Waals surface area contributed by atoms with Gasteiger partial charge in [-0.3, -0.25) is 9.78 Å². The molecule has 0 fully saturated rings. The minimum Gasteiger partial charge on any atom is -0.378 e. The predicted octanol–water partition coefficient (Wildman–Crippen LogP) is 1.10. The van der Waals surface area contributed by atoms with E-state index in [0.717, 1.165) is 11.8 Å². The van der Waals surface area contributed by atoms with E-state index >= 15 is 0 Å². The maximum atomic E-state index is 12.4. The molecule has 0 aliphatic carbocycles. The summed E-state index contributed by atoms with van der Waals surface area (Å²) in [6.45, 7) is 0. The first kappa shape index (κ1) is 18.1. The zero-order valence-corrected chi connectivity index (χ0v) is 15.5. The van der Waals surface area contributed by atoms with E-state index in [2.05, 4.69) is 30.3 Å². The quantitative estimate of drug-likeness (QED) is 0.476. The maximum absolute atomic E-state index is 12.4. The summed E-state index contributed by atoms with van der Waals surface area (Å²) in [6, 6.07) is 7.41. The van der Waals surface area contributed by atoms with Crippen molar-refractivity contribution in [3.8, 4) is 11.5 Å². The van der Waals surface area contributed by atoms with Gasteiger partial charge in [0.15, 0.2) is 5.71 Å². The Bertz CT molecular complexity index is 1190.